The summed E-state index contributed by atoms with van der Waals surface area (Å²) >= 11 is 0. The van der Waals surface area contributed by atoms with Crippen LogP contribution in [0.3, 0.4) is 0 Å². The Morgan fingerprint density at radius 3 is 2.85 bits per heavy atom. The predicted molar refractivity (Wildman–Crippen MR) is 73.8 cm³/mol. The third-order valence-corrected chi connectivity index (χ3v) is 3.13. The molecular formula is C14H17N3O3. The van der Waals surface area contributed by atoms with E-state index in [-0.39, 0.29) is 5.91 Å². The molecule has 20 heavy (non-hydrogen) atoms. The van der Waals surface area contributed by atoms with Gasteiger partial charge in [0.05, 0.1) is 24.5 Å². The third-order valence-electron chi connectivity index (χ3n) is 3.13. The average Bonchev–Trinajstić information content (AvgIpc) is 2.49. The van der Waals surface area contributed by atoms with E-state index in [0.29, 0.717) is 17.8 Å². The van der Waals surface area contributed by atoms with Gasteiger partial charge >= 0.3 is 0 Å². The Balaban J connectivity index is 1.86. The highest BCUT2D eigenvalue weighted by Gasteiger charge is 2.12. The van der Waals surface area contributed by atoms with Crippen LogP contribution in [0.15, 0.2) is 29.3 Å². The molecule has 1 saturated heterocycles. The predicted octanol–water partition coefficient (Wildman–Crippen LogP) is 0.716. The maximum atomic E-state index is 12.0. The highest BCUT2D eigenvalue weighted by Crippen LogP contribution is 2.17. The van der Waals surface area contributed by atoms with Crippen molar-refractivity contribution in [1.82, 2.24) is 10.2 Å². The number of ether oxygens (including phenoxy) is 1. The van der Waals surface area contributed by atoms with E-state index in [2.05, 4.69) is 15.2 Å². The molecule has 0 bridgehead atoms. The van der Waals surface area contributed by atoms with E-state index < -0.39 is 0 Å². The lowest BCUT2D eigenvalue weighted by molar-refractivity contribution is 0.0383. The number of hydrogen-bond donors (Lipinski definition) is 1. The zero-order valence-electron chi connectivity index (χ0n) is 11.2. The fourth-order valence-electron chi connectivity index (χ4n) is 2.06. The molecule has 1 amide bonds. The number of benzene rings is 1. The van der Waals surface area contributed by atoms with Gasteiger partial charge in [-0.15, -0.1) is 0 Å². The van der Waals surface area contributed by atoms with Gasteiger partial charge in [-0.2, -0.15) is 4.99 Å². The molecule has 0 aliphatic carbocycles. The molecule has 6 heteroatoms. The number of isocyanates is 1. The summed E-state index contributed by atoms with van der Waals surface area (Å²) in [6, 6.07) is 6.71. The lowest BCUT2D eigenvalue weighted by Gasteiger charge is -2.26. The van der Waals surface area contributed by atoms with Crippen molar-refractivity contribution in [2.75, 3.05) is 39.4 Å². The molecule has 1 heterocycles. The molecule has 1 N–H and O–H groups in total. The average molecular weight is 275 g/mol. The Morgan fingerprint density at radius 1 is 1.35 bits per heavy atom. The molecule has 0 saturated carbocycles. The van der Waals surface area contributed by atoms with Crippen LogP contribution in [0, 0.1) is 0 Å². The minimum atomic E-state index is -0.229. The molecule has 1 fully saturated rings. The lowest BCUT2D eigenvalue weighted by Crippen LogP contribution is -2.41. The zero-order chi connectivity index (χ0) is 14.2. The fraction of sp³-hybridized carbons (Fsp3) is 0.429. The summed E-state index contributed by atoms with van der Waals surface area (Å²) in [5.41, 5.74) is 0.726. The number of nitrogens with zero attached hydrogens (tertiary/aromatic N) is 2. The normalized spacial score (nSPS) is 15.4. The first-order valence-electron chi connectivity index (χ1n) is 6.56. The molecule has 0 spiro atoms. The van der Waals surface area contributed by atoms with Gasteiger partial charge in [-0.1, -0.05) is 12.1 Å². The molecule has 6 nitrogen and oxygen atoms in total. The minimum absolute atomic E-state index is 0.229. The molecule has 0 unspecified atom stereocenters. The Morgan fingerprint density at radius 2 is 2.10 bits per heavy atom. The van der Waals surface area contributed by atoms with Crippen molar-refractivity contribution in [3.8, 4) is 0 Å². The number of para-hydroxylation sites is 1. The van der Waals surface area contributed by atoms with Gasteiger partial charge in [0.1, 0.15) is 0 Å². The Hall–Kier alpha value is -2.01. The maximum Gasteiger partial charge on any atom is 0.253 e. The molecule has 106 valence electrons. The first-order valence-corrected chi connectivity index (χ1v) is 6.56. The van der Waals surface area contributed by atoms with Crippen molar-refractivity contribution >= 4 is 17.7 Å². The lowest BCUT2D eigenvalue weighted by atomic mass is 10.1. The van der Waals surface area contributed by atoms with Gasteiger partial charge in [-0.25, -0.2) is 4.79 Å². The molecular weight excluding hydrogens is 258 g/mol. The van der Waals surface area contributed by atoms with Crippen LogP contribution in [0.5, 0.6) is 0 Å². The van der Waals surface area contributed by atoms with E-state index in [1.54, 1.807) is 24.3 Å². The van der Waals surface area contributed by atoms with Crippen molar-refractivity contribution in [2.24, 2.45) is 4.99 Å². The van der Waals surface area contributed by atoms with Crippen LogP contribution in [-0.2, 0) is 9.53 Å². The molecule has 1 aromatic rings. The number of amides is 1. The summed E-state index contributed by atoms with van der Waals surface area (Å²) in [7, 11) is 0. The van der Waals surface area contributed by atoms with Crippen LogP contribution in [0.1, 0.15) is 10.4 Å². The maximum absolute atomic E-state index is 12.0. The van der Waals surface area contributed by atoms with Gasteiger partial charge in [-0.3, -0.25) is 9.69 Å². The quantitative estimate of drug-likeness (QED) is 0.635. The number of nitrogens with one attached hydrogen (secondary N) is 1. The van der Waals surface area contributed by atoms with Crippen LogP contribution in [-0.4, -0.2) is 56.3 Å². The summed E-state index contributed by atoms with van der Waals surface area (Å²) in [5, 5.41) is 2.83. The molecule has 1 aromatic carbocycles. The fourth-order valence-corrected chi connectivity index (χ4v) is 2.06. The Bertz CT molecular complexity index is 506. The summed E-state index contributed by atoms with van der Waals surface area (Å²) in [5.74, 6) is -0.229. The highest BCUT2D eigenvalue weighted by molar-refractivity contribution is 5.99. The van der Waals surface area contributed by atoms with Crippen LogP contribution in [0.25, 0.3) is 0 Å². The molecule has 2 rings (SSSR count). The van der Waals surface area contributed by atoms with Gasteiger partial charge < -0.3 is 10.1 Å². The second-order valence-corrected chi connectivity index (χ2v) is 4.43. The van der Waals surface area contributed by atoms with Gasteiger partial charge in [0.15, 0.2) is 0 Å². The van der Waals surface area contributed by atoms with E-state index in [4.69, 9.17) is 4.74 Å². The standard InChI is InChI=1S/C14H17N3O3/c18-11-16-13-4-2-1-3-12(13)14(19)15-5-6-17-7-9-20-10-8-17/h1-4H,5-10H2,(H,15,19). The number of hydrogen-bond acceptors (Lipinski definition) is 5. The second-order valence-electron chi connectivity index (χ2n) is 4.43. The number of morpholine rings is 1. The van der Waals surface area contributed by atoms with E-state index in [1.165, 1.54) is 6.08 Å². The van der Waals surface area contributed by atoms with E-state index in [1.807, 2.05) is 0 Å². The molecule has 1 aliphatic rings. The summed E-state index contributed by atoms with van der Waals surface area (Å²) < 4.78 is 5.26. The van der Waals surface area contributed by atoms with Crippen molar-refractivity contribution in [2.45, 2.75) is 0 Å². The molecule has 0 aromatic heterocycles. The van der Waals surface area contributed by atoms with Gasteiger partial charge in [0.25, 0.3) is 5.91 Å². The summed E-state index contributed by atoms with van der Waals surface area (Å²) in [6.07, 6.45) is 1.46. The molecule has 0 atom stereocenters. The largest absolute Gasteiger partial charge is 0.379 e. The Kier molecular flexibility index (Phi) is 5.43. The van der Waals surface area contributed by atoms with Crippen molar-refractivity contribution < 1.29 is 14.3 Å². The van der Waals surface area contributed by atoms with Crippen LogP contribution < -0.4 is 5.32 Å². The Labute approximate surface area is 117 Å². The highest BCUT2D eigenvalue weighted by atomic mass is 16.5. The van der Waals surface area contributed by atoms with E-state index in [0.717, 1.165) is 32.8 Å². The molecule has 1 aliphatic heterocycles. The first kappa shape index (κ1) is 14.4. The SMILES string of the molecule is O=C=Nc1ccccc1C(=O)NCCN1CCOCC1. The van der Waals surface area contributed by atoms with Gasteiger partial charge in [-0.05, 0) is 12.1 Å². The van der Waals surface area contributed by atoms with Gasteiger partial charge in [0.2, 0.25) is 6.08 Å². The van der Waals surface area contributed by atoms with Crippen LogP contribution in [0.4, 0.5) is 5.69 Å². The summed E-state index contributed by atoms with van der Waals surface area (Å²) in [6.45, 7) is 4.60. The monoisotopic (exact) mass is 275 g/mol. The van der Waals surface area contributed by atoms with Crippen molar-refractivity contribution in [3.05, 3.63) is 29.8 Å². The smallest absolute Gasteiger partial charge is 0.253 e. The van der Waals surface area contributed by atoms with Crippen molar-refractivity contribution in [1.29, 1.82) is 0 Å². The van der Waals surface area contributed by atoms with E-state index >= 15 is 0 Å². The van der Waals surface area contributed by atoms with E-state index in [9.17, 15) is 9.59 Å². The second kappa shape index (κ2) is 7.55. The van der Waals surface area contributed by atoms with Crippen LogP contribution in [0.2, 0.25) is 0 Å². The number of carbonyl (C=O) groups excluding carboxylic acids is 2. The summed E-state index contributed by atoms with van der Waals surface area (Å²) in [4.78, 5) is 28.1. The van der Waals surface area contributed by atoms with Crippen molar-refractivity contribution in [3.63, 3.8) is 0 Å². The number of aliphatic imine (C=N–C) groups is 1. The first-order chi connectivity index (χ1) is 9.81. The molecule has 0 radical (unpaired) electrons. The topological polar surface area (TPSA) is 71.0 Å². The zero-order valence-corrected chi connectivity index (χ0v) is 11.2. The minimum Gasteiger partial charge on any atom is -0.379 e. The van der Waals surface area contributed by atoms with Crippen LogP contribution >= 0.6 is 0 Å². The van der Waals surface area contributed by atoms with Gasteiger partial charge in [0, 0.05) is 26.2 Å². The number of carbonyl (C=O) groups is 1. The number of rotatable bonds is 5. The third kappa shape index (κ3) is 3.99.